The third-order valence-corrected chi connectivity index (χ3v) is 2.36. The second kappa shape index (κ2) is 4.74. The number of halogens is 6. The third-order valence-electron chi connectivity index (χ3n) is 2.10. The molecule has 0 heterocycles. The Bertz CT molecular complexity index is 179. The van der Waals surface area contributed by atoms with Crippen LogP contribution in [0.25, 0.3) is 0 Å². The van der Waals surface area contributed by atoms with Crippen LogP contribution in [0.2, 0.25) is 0 Å². The zero-order valence-corrected chi connectivity index (χ0v) is 8.43. The summed E-state index contributed by atoms with van der Waals surface area (Å²) >= 11 is 2.70. The highest BCUT2D eigenvalue weighted by Gasteiger charge is 2.54. The molecule has 1 saturated carbocycles. The lowest BCUT2D eigenvalue weighted by atomic mass is 9.89. The van der Waals surface area contributed by atoms with E-state index in [1.54, 1.807) is 0 Å². The molecule has 0 saturated heterocycles. The summed E-state index contributed by atoms with van der Waals surface area (Å²) in [7, 11) is 0. The van der Waals surface area contributed by atoms with E-state index in [0.717, 1.165) is 0 Å². The zero-order chi connectivity index (χ0) is 10.9. The van der Waals surface area contributed by atoms with E-state index in [-0.39, 0.29) is 5.52 Å². The minimum absolute atomic E-state index is 0.269. The molecule has 1 rings (SSSR count). The van der Waals surface area contributed by atoms with Gasteiger partial charge in [-0.05, 0) is 0 Å². The molecule has 1 fully saturated rings. The molecule has 1 nitrogen and oxygen atoms in total. The summed E-state index contributed by atoms with van der Waals surface area (Å²) in [6, 6.07) is 0. The standard InChI is InChI=1S/C7H8BrF5O/c8-1-14-7-5(12)3(10)2(9)4(11)6(7)13/h2-7H,1H2. The second-order valence-electron chi connectivity index (χ2n) is 2.96. The van der Waals surface area contributed by atoms with E-state index in [0.29, 0.717) is 0 Å². The minimum Gasteiger partial charge on any atom is -0.361 e. The van der Waals surface area contributed by atoms with Gasteiger partial charge in [0, 0.05) is 0 Å². The Hall–Kier alpha value is 0.0900. The van der Waals surface area contributed by atoms with Crippen LogP contribution in [0, 0.1) is 0 Å². The number of hydrogen-bond donors (Lipinski definition) is 0. The van der Waals surface area contributed by atoms with Crippen LogP contribution in [-0.4, -0.2) is 42.5 Å². The molecule has 1 aliphatic rings. The van der Waals surface area contributed by atoms with Crippen molar-refractivity contribution >= 4 is 15.9 Å². The van der Waals surface area contributed by atoms with Crippen molar-refractivity contribution in [1.82, 2.24) is 0 Å². The van der Waals surface area contributed by atoms with Gasteiger partial charge in [0.1, 0.15) is 11.6 Å². The zero-order valence-electron chi connectivity index (χ0n) is 6.85. The van der Waals surface area contributed by atoms with Crippen molar-refractivity contribution in [2.45, 2.75) is 37.0 Å². The van der Waals surface area contributed by atoms with Crippen molar-refractivity contribution in [2.75, 3.05) is 5.52 Å². The van der Waals surface area contributed by atoms with Crippen LogP contribution in [-0.2, 0) is 4.74 Å². The lowest BCUT2D eigenvalue weighted by Gasteiger charge is -2.35. The quantitative estimate of drug-likeness (QED) is 0.558. The summed E-state index contributed by atoms with van der Waals surface area (Å²) < 4.78 is 68.3. The fraction of sp³-hybridized carbons (Fsp3) is 1.00. The van der Waals surface area contributed by atoms with E-state index >= 15 is 0 Å². The van der Waals surface area contributed by atoms with Crippen LogP contribution in [0.3, 0.4) is 0 Å². The first-order chi connectivity index (χ1) is 6.50. The van der Waals surface area contributed by atoms with Gasteiger partial charge >= 0.3 is 0 Å². The third kappa shape index (κ3) is 2.03. The predicted molar refractivity (Wildman–Crippen MR) is 43.1 cm³/mol. The van der Waals surface area contributed by atoms with Crippen molar-refractivity contribution in [3.63, 3.8) is 0 Å². The number of alkyl halides is 6. The normalized spacial score (nSPS) is 49.3. The van der Waals surface area contributed by atoms with Gasteiger partial charge in [-0.1, -0.05) is 15.9 Å². The van der Waals surface area contributed by atoms with Gasteiger partial charge in [-0.3, -0.25) is 0 Å². The van der Waals surface area contributed by atoms with Crippen LogP contribution in [0.15, 0.2) is 0 Å². The summed E-state index contributed by atoms with van der Waals surface area (Å²) in [5.74, 6) is 0. The molecule has 0 aromatic rings. The highest BCUT2D eigenvalue weighted by molar-refractivity contribution is 9.09. The summed E-state index contributed by atoms with van der Waals surface area (Å²) in [5, 5.41) is 0. The molecule has 7 heteroatoms. The summed E-state index contributed by atoms with van der Waals surface area (Å²) in [5.41, 5.74) is -0.269. The minimum atomic E-state index is -2.77. The molecule has 0 aromatic heterocycles. The van der Waals surface area contributed by atoms with Crippen molar-refractivity contribution < 1.29 is 26.7 Å². The summed E-state index contributed by atoms with van der Waals surface area (Å²) in [4.78, 5) is 0. The van der Waals surface area contributed by atoms with Gasteiger partial charge in [0.25, 0.3) is 0 Å². The van der Waals surface area contributed by atoms with E-state index in [9.17, 15) is 22.0 Å². The fourth-order valence-corrected chi connectivity index (χ4v) is 1.63. The molecule has 0 amide bonds. The molecular formula is C7H8BrF5O. The van der Waals surface area contributed by atoms with Crippen molar-refractivity contribution in [2.24, 2.45) is 0 Å². The molecule has 0 radical (unpaired) electrons. The maximum Gasteiger partial charge on any atom is 0.168 e. The Morgan fingerprint density at radius 1 is 0.786 bits per heavy atom. The topological polar surface area (TPSA) is 9.23 Å². The number of hydrogen-bond acceptors (Lipinski definition) is 1. The Morgan fingerprint density at radius 3 is 1.50 bits per heavy atom. The van der Waals surface area contributed by atoms with Gasteiger partial charge in [0.2, 0.25) is 0 Å². The van der Waals surface area contributed by atoms with Crippen LogP contribution >= 0.6 is 15.9 Å². The molecule has 1 aliphatic carbocycles. The first-order valence-electron chi connectivity index (χ1n) is 3.88. The second-order valence-corrected chi connectivity index (χ2v) is 3.42. The smallest absolute Gasteiger partial charge is 0.168 e. The number of rotatable bonds is 2. The molecule has 0 aromatic carbocycles. The summed E-state index contributed by atoms with van der Waals surface area (Å²) in [6.07, 6.45) is -15.0. The molecule has 4 atom stereocenters. The van der Waals surface area contributed by atoms with Gasteiger partial charge in [0.05, 0.1) is 0 Å². The SMILES string of the molecule is FC1C(F)C(F)C(OCBr)C(F)C1F. The van der Waals surface area contributed by atoms with Gasteiger partial charge in [0.15, 0.2) is 30.9 Å². The monoisotopic (exact) mass is 282 g/mol. The maximum atomic E-state index is 12.9. The van der Waals surface area contributed by atoms with Crippen LogP contribution < -0.4 is 0 Å². The van der Waals surface area contributed by atoms with Gasteiger partial charge in [-0.25, -0.2) is 22.0 Å². The van der Waals surface area contributed by atoms with Gasteiger partial charge in [-0.2, -0.15) is 0 Å². The maximum absolute atomic E-state index is 12.9. The van der Waals surface area contributed by atoms with Gasteiger partial charge < -0.3 is 4.74 Å². The highest BCUT2D eigenvalue weighted by Crippen LogP contribution is 2.33. The molecule has 14 heavy (non-hydrogen) atoms. The lowest BCUT2D eigenvalue weighted by molar-refractivity contribution is -0.139. The van der Waals surface area contributed by atoms with Crippen LogP contribution in [0.4, 0.5) is 22.0 Å². The van der Waals surface area contributed by atoms with Crippen molar-refractivity contribution in [1.29, 1.82) is 0 Å². The van der Waals surface area contributed by atoms with Crippen LogP contribution in [0.1, 0.15) is 0 Å². The fourth-order valence-electron chi connectivity index (χ4n) is 1.32. The largest absolute Gasteiger partial charge is 0.361 e. The number of ether oxygens (including phenoxy) is 1. The van der Waals surface area contributed by atoms with E-state index in [1.807, 2.05) is 0 Å². The Morgan fingerprint density at radius 2 is 1.14 bits per heavy atom. The first kappa shape index (κ1) is 12.2. The summed E-state index contributed by atoms with van der Waals surface area (Å²) in [6.45, 7) is 0. The molecule has 84 valence electrons. The molecule has 0 N–H and O–H groups in total. The Labute approximate surface area is 85.7 Å². The predicted octanol–water partition coefficient (Wildman–Crippen LogP) is 2.43. The first-order valence-corrected chi connectivity index (χ1v) is 5.00. The average Bonchev–Trinajstić information content (AvgIpc) is 2.19. The van der Waals surface area contributed by atoms with E-state index in [2.05, 4.69) is 20.7 Å². The van der Waals surface area contributed by atoms with Crippen molar-refractivity contribution in [3.05, 3.63) is 0 Å². The molecule has 0 aliphatic heterocycles. The van der Waals surface area contributed by atoms with Crippen molar-refractivity contribution in [3.8, 4) is 0 Å². The highest BCUT2D eigenvalue weighted by atomic mass is 79.9. The molecule has 0 bridgehead atoms. The Kier molecular flexibility index (Phi) is 4.12. The van der Waals surface area contributed by atoms with Gasteiger partial charge in [-0.15, -0.1) is 0 Å². The van der Waals surface area contributed by atoms with E-state index in [1.165, 1.54) is 0 Å². The van der Waals surface area contributed by atoms with Crippen LogP contribution in [0.5, 0.6) is 0 Å². The average molecular weight is 283 g/mol. The Balaban J connectivity index is 2.75. The lowest BCUT2D eigenvalue weighted by Crippen LogP contribution is -2.57. The molecule has 0 spiro atoms. The van der Waals surface area contributed by atoms with E-state index < -0.39 is 37.0 Å². The van der Waals surface area contributed by atoms with E-state index in [4.69, 9.17) is 0 Å². The molecule has 4 unspecified atom stereocenters. The molecular weight excluding hydrogens is 275 g/mol.